The number of hydrogen-bond donors (Lipinski definition) is 1. The van der Waals surface area contributed by atoms with Gasteiger partial charge >= 0.3 is 6.03 Å². The maximum atomic E-state index is 12.1. The number of nitrogens with one attached hydrogen (secondary N) is 1. The SMILES string of the molecule is CC1CCN(C(=O)NCc2ccc(OCC3CC3)nc2)CC1. The van der Waals surface area contributed by atoms with Gasteiger partial charge in [-0.2, -0.15) is 0 Å². The second-order valence-corrected chi connectivity index (χ2v) is 6.59. The Hall–Kier alpha value is -1.78. The zero-order valence-electron chi connectivity index (χ0n) is 13.3. The van der Waals surface area contributed by atoms with Crippen LogP contribution in [-0.2, 0) is 6.54 Å². The van der Waals surface area contributed by atoms with E-state index in [1.54, 1.807) is 6.20 Å². The lowest BCUT2D eigenvalue weighted by atomic mass is 10.00. The Morgan fingerprint density at radius 1 is 1.32 bits per heavy atom. The second-order valence-electron chi connectivity index (χ2n) is 6.59. The monoisotopic (exact) mass is 303 g/mol. The van der Waals surface area contributed by atoms with E-state index in [1.807, 2.05) is 17.0 Å². The van der Waals surface area contributed by atoms with Crippen molar-refractivity contribution >= 4 is 6.03 Å². The topological polar surface area (TPSA) is 54.5 Å². The van der Waals surface area contributed by atoms with E-state index in [0.717, 1.165) is 49.9 Å². The number of pyridine rings is 1. The molecule has 1 aromatic heterocycles. The van der Waals surface area contributed by atoms with Crippen LogP contribution in [0, 0.1) is 11.8 Å². The van der Waals surface area contributed by atoms with Crippen molar-refractivity contribution in [2.24, 2.45) is 11.8 Å². The van der Waals surface area contributed by atoms with Crippen LogP contribution in [0.15, 0.2) is 18.3 Å². The van der Waals surface area contributed by atoms with Crippen molar-refractivity contribution in [1.82, 2.24) is 15.2 Å². The molecule has 1 aromatic rings. The highest BCUT2D eigenvalue weighted by Crippen LogP contribution is 2.29. The highest BCUT2D eigenvalue weighted by Gasteiger charge is 2.22. The number of likely N-dealkylation sites (tertiary alicyclic amines) is 1. The van der Waals surface area contributed by atoms with Gasteiger partial charge in [0.25, 0.3) is 0 Å². The zero-order valence-corrected chi connectivity index (χ0v) is 13.3. The standard InChI is InChI=1S/C17H25N3O2/c1-13-6-8-20(9-7-13)17(21)19-11-15-4-5-16(18-10-15)22-12-14-2-3-14/h4-5,10,13-14H,2-3,6-9,11-12H2,1H3,(H,19,21). The fourth-order valence-electron chi connectivity index (χ4n) is 2.59. The second kappa shape index (κ2) is 6.99. The third kappa shape index (κ3) is 4.36. The maximum absolute atomic E-state index is 12.1. The molecule has 0 atom stereocenters. The van der Waals surface area contributed by atoms with Crippen molar-refractivity contribution in [3.8, 4) is 5.88 Å². The largest absolute Gasteiger partial charge is 0.477 e. The van der Waals surface area contributed by atoms with Crippen molar-refractivity contribution in [3.05, 3.63) is 23.9 Å². The number of carbonyl (C=O) groups excluding carboxylic acids is 1. The van der Waals surface area contributed by atoms with Gasteiger partial charge in [-0.25, -0.2) is 9.78 Å². The number of rotatable bonds is 5. The summed E-state index contributed by atoms with van der Waals surface area (Å²) >= 11 is 0. The van der Waals surface area contributed by atoms with Gasteiger partial charge in [-0.15, -0.1) is 0 Å². The molecular formula is C17H25N3O2. The lowest BCUT2D eigenvalue weighted by Gasteiger charge is -2.30. The van der Waals surface area contributed by atoms with Crippen LogP contribution in [0.5, 0.6) is 5.88 Å². The van der Waals surface area contributed by atoms with Crippen LogP contribution in [0.4, 0.5) is 4.79 Å². The number of carbonyl (C=O) groups is 1. The highest BCUT2D eigenvalue weighted by molar-refractivity contribution is 5.74. The van der Waals surface area contributed by atoms with Crippen LogP contribution in [0.2, 0.25) is 0 Å². The minimum Gasteiger partial charge on any atom is -0.477 e. The van der Waals surface area contributed by atoms with Gasteiger partial charge < -0.3 is 15.0 Å². The molecule has 0 bridgehead atoms. The molecule has 0 radical (unpaired) electrons. The quantitative estimate of drug-likeness (QED) is 0.910. The molecule has 120 valence electrons. The van der Waals surface area contributed by atoms with Crippen LogP contribution in [0.3, 0.4) is 0 Å². The molecule has 2 aliphatic rings. The van der Waals surface area contributed by atoms with Crippen molar-refractivity contribution in [3.63, 3.8) is 0 Å². The predicted molar refractivity (Wildman–Crippen MR) is 84.7 cm³/mol. The van der Waals surface area contributed by atoms with Gasteiger partial charge in [0.1, 0.15) is 0 Å². The molecule has 2 fully saturated rings. The highest BCUT2D eigenvalue weighted by atomic mass is 16.5. The Labute approximate surface area is 132 Å². The van der Waals surface area contributed by atoms with Gasteiger partial charge in [0.05, 0.1) is 6.61 Å². The number of hydrogen-bond acceptors (Lipinski definition) is 3. The first-order chi connectivity index (χ1) is 10.7. The molecule has 1 N–H and O–H groups in total. The molecule has 2 amide bonds. The number of amides is 2. The Balaban J connectivity index is 1.41. The number of piperidine rings is 1. The number of aromatic nitrogens is 1. The van der Waals surface area contributed by atoms with E-state index in [2.05, 4.69) is 17.2 Å². The first-order valence-electron chi connectivity index (χ1n) is 8.31. The molecular weight excluding hydrogens is 278 g/mol. The summed E-state index contributed by atoms with van der Waals surface area (Å²) < 4.78 is 5.61. The molecule has 22 heavy (non-hydrogen) atoms. The molecule has 5 heteroatoms. The Morgan fingerprint density at radius 3 is 2.73 bits per heavy atom. The van der Waals surface area contributed by atoms with Gasteiger partial charge in [0, 0.05) is 31.9 Å². The van der Waals surface area contributed by atoms with E-state index in [-0.39, 0.29) is 6.03 Å². The Morgan fingerprint density at radius 2 is 2.09 bits per heavy atom. The normalized spacial score (nSPS) is 19.0. The molecule has 3 rings (SSSR count). The van der Waals surface area contributed by atoms with Crippen LogP contribution < -0.4 is 10.1 Å². The Kier molecular flexibility index (Phi) is 4.80. The minimum absolute atomic E-state index is 0.0287. The summed E-state index contributed by atoms with van der Waals surface area (Å²) in [4.78, 5) is 18.3. The molecule has 5 nitrogen and oxygen atoms in total. The smallest absolute Gasteiger partial charge is 0.317 e. The summed E-state index contributed by atoms with van der Waals surface area (Å²) in [5.74, 6) is 2.14. The van der Waals surface area contributed by atoms with E-state index in [1.165, 1.54) is 12.8 Å². The maximum Gasteiger partial charge on any atom is 0.317 e. The number of urea groups is 1. The zero-order chi connectivity index (χ0) is 15.4. The molecule has 1 saturated carbocycles. The number of nitrogens with zero attached hydrogens (tertiary/aromatic N) is 2. The first-order valence-corrected chi connectivity index (χ1v) is 8.31. The van der Waals surface area contributed by atoms with E-state index in [0.29, 0.717) is 12.4 Å². The third-order valence-electron chi connectivity index (χ3n) is 4.48. The summed E-state index contributed by atoms with van der Waals surface area (Å²) in [5.41, 5.74) is 0.998. The van der Waals surface area contributed by atoms with Gasteiger partial charge in [0.2, 0.25) is 5.88 Å². The van der Waals surface area contributed by atoms with Crippen molar-refractivity contribution < 1.29 is 9.53 Å². The fourth-order valence-corrected chi connectivity index (χ4v) is 2.59. The van der Waals surface area contributed by atoms with E-state index in [4.69, 9.17) is 4.74 Å². The Bertz CT molecular complexity index is 491. The molecule has 1 aliphatic carbocycles. The summed E-state index contributed by atoms with van der Waals surface area (Å²) in [6, 6.07) is 3.88. The van der Waals surface area contributed by atoms with Crippen LogP contribution in [0.1, 0.15) is 38.2 Å². The average molecular weight is 303 g/mol. The van der Waals surface area contributed by atoms with Crippen molar-refractivity contribution in [2.45, 2.75) is 39.2 Å². The minimum atomic E-state index is 0.0287. The summed E-state index contributed by atoms with van der Waals surface area (Å²) in [5, 5.41) is 2.97. The third-order valence-corrected chi connectivity index (χ3v) is 4.48. The van der Waals surface area contributed by atoms with Gasteiger partial charge in [-0.05, 0) is 43.1 Å². The summed E-state index contributed by atoms with van der Waals surface area (Å²) in [7, 11) is 0. The van der Waals surface area contributed by atoms with Crippen LogP contribution in [-0.4, -0.2) is 35.6 Å². The molecule has 2 heterocycles. The molecule has 1 saturated heterocycles. The first kappa shape index (κ1) is 15.1. The summed E-state index contributed by atoms with van der Waals surface area (Å²) in [6.45, 7) is 5.25. The van der Waals surface area contributed by atoms with Gasteiger partial charge in [-0.1, -0.05) is 13.0 Å². The van der Waals surface area contributed by atoms with Gasteiger partial charge in [0.15, 0.2) is 0 Å². The fraction of sp³-hybridized carbons (Fsp3) is 0.647. The van der Waals surface area contributed by atoms with E-state index in [9.17, 15) is 4.79 Å². The average Bonchev–Trinajstić information content (AvgIpc) is 3.36. The predicted octanol–water partition coefficient (Wildman–Crippen LogP) is 2.81. The van der Waals surface area contributed by atoms with E-state index >= 15 is 0 Å². The molecule has 1 aliphatic heterocycles. The van der Waals surface area contributed by atoms with Gasteiger partial charge in [-0.3, -0.25) is 0 Å². The van der Waals surface area contributed by atoms with Crippen molar-refractivity contribution in [2.75, 3.05) is 19.7 Å². The van der Waals surface area contributed by atoms with Crippen LogP contribution in [0.25, 0.3) is 0 Å². The molecule has 0 spiro atoms. The van der Waals surface area contributed by atoms with E-state index < -0.39 is 0 Å². The van der Waals surface area contributed by atoms with Crippen molar-refractivity contribution in [1.29, 1.82) is 0 Å². The molecule has 0 aromatic carbocycles. The van der Waals surface area contributed by atoms with Crippen LogP contribution >= 0.6 is 0 Å². The lowest BCUT2D eigenvalue weighted by Crippen LogP contribution is -2.43. The molecule has 0 unspecified atom stereocenters. The lowest BCUT2D eigenvalue weighted by molar-refractivity contribution is 0.173. The number of ether oxygens (including phenoxy) is 1. The summed E-state index contributed by atoms with van der Waals surface area (Å²) in [6.07, 6.45) is 6.53.